The number of hydrogen-bond acceptors (Lipinski definition) is 5. The van der Waals surface area contributed by atoms with Crippen LogP contribution in [0.5, 0.6) is 5.75 Å². The average Bonchev–Trinajstić information content (AvgIpc) is 3.10. The standard InChI is InChI=1S/C18H19N3O4/c1-12-16(13(2)20(3)19-12)8-9-17(22)25-15-6-4-14(5-7-15)21-10-11-24-18(21)23/h4-9H,10-11H2,1-3H3/b9-8-. The first-order valence-corrected chi connectivity index (χ1v) is 7.90. The highest BCUT2D eigenvalue weighted by Crippen LogP contribution is 2.22. The molecule has 0 unspecified atom stereocenters. The Balaban J connectivity index is 1.65. The Morgan fingerprint density at radius 1 is 1.28 bits per heavy atom. The lowest BCUT2D eigenvalue weighted by molar-refractivity contribution is -0.128. The molecular formula is C18H19N3O4. The van der Waals surface area contributed by atoms with E-state index in [-0.39, 0.29) is 6.09 Å². The van der Waals surface area contributed by atoms with E-state index in [1.54, 1.807) is 35.0 Å². The lowest BCUT2D eigenvalue weighted by Crippen LogP contribution is -2.23. The molecule has 1 aromatic heterocycles. The Labute approximate surface area is 145 Å². The van der Waals surface area contributed by atoms with Gasteiger partial charge >= 0.3 is 12.1 Å². The molecule has 1 fully saturated rings. The number of esters is 1. The molecule has 130 valence electrons. The SMILES string of the molecule is Cc1nn(C)c(C)c1/C=C\C(=O)Oc1ccc(N2CCOC2=O)cc1. The van der Waals surface area contributed by atoms with Crippen molar-refractivity contribution in [1.82, 2.24) is 9.78 Å². The summed E-state index contributed by atoms with van der Waals surface area (Å²) in [5.41, 5.74) is 3.44. The van der Waals surface area contributed by atoms with Crippen LogP contribution in [0.3, 0.4) is 0 Å². The van der Waals surface area contributed by atoms with Crippen LogP contribution in [0.1, 0.15) is 17.0 Å². The summed E-state index contributed by atoms with van der Waals surface area (Å²) < 4.78 is 11.9. The zero-order valence-electron chi connectivity index (χ0n) is 14.4. The van der Waals surface area contributed by atoms with E-state index < -0.39 is 5.97 Å². The summed E-state index contributed by atoms with van der Waals surface area (Å²) in [4.78, 5) is 25.0. The van der Waals surface area contributed by atoms with Crippen molar-refractivity contribution < 1.29 is 19.1 Å². The molecule has 1 amide bonds. The van der Waals surface area contributed by atoms with Gasteiger partial charge in [-0.05, 0) is 44.2 Å². The first kappa shape index (κ1) is 16.8. The lowest BCUT2D eigenvalue weighted by Gasteiger charge is -2.12. The number of ether oxygens (including phenoxy) is 2. The Hall–Kier alpha value is -3.09. The fraction of sp³-hybridized carbons (Fsp3) is 0.278. The van der Waals surface area contributed by atoms with Gasteiger partial charge in [0.25, 0.3) is 0 Å². The van der Waals surface area contributed by atoms with Crippen molar-refractivity contribution in [3.05, 3.63) is 47.3 Å². The number of rotatable bonds is 4. The molecule has 1 saturated heterocycles. The van der Waals surface area contributed by atoms with E-state index in [0.717, 1.165) is 17.0 Å². The summed E-state index contributed by atoms with van der Waals surface area (Å²) in [5, 5.41) is 4.30. The highest BCUT2D eigenvalue weighted by atomic mass is 16.6. The molecule has 0 atom stereocenters. The van der Waals surface area contributed by atoms with Crippen molar-refractivity contribution in [3.8, 4) is 5.75 Å². The summed E-state index contributed by atoms with van der Waals surface area (Å²) in [6.07, 6.45) is 2.71. The molecule has 2 heterocycles. The molecule has 0 bridgehead atoms. The van der Waals surface area contributed by atoms with E-state index in [0.29, 0.717) is 24.6 Å². The molecule has 0 spiro atoms. The molecule has 0 radical (unpaired) electrons. The number of anilines is 1. The summed E-state index contributed by atoms with van der Waals surface area (Å²) in [7, 11) is 1.86. The number of amides is 1. The number of nitrogens with zero attached hydrogens (tertiary/aromatic N) is 3. The van der Waals surface area contributed by atoms with Gasteiger partial charge in [0.1, 0.15) is 12.4 Å². The van der Waals surface area contributed by atoms with Crippen LogP contribution in [0.25, 0.3) is 6.08 Å². The van der Waals surface area contributed by atoms with Crippen LogP contribution in [0.2, 0.25) is 0 Å². The number of hydrogen-bond donors (Lipinski definition) is 0. The minimum absolute atomic E-state index is 0.366. The number of aryl methyl sites for hydroxylation is 2. The van der Waals surface area contributed by atoms with Crippen molar-refractivity contribution in [3.63, 3.8) is 0 Å². The van der Waals surface area contributed by atoms with Crippen LogP contribution in [0, 0.1) is 13.8 Å². The Morgan fingerprint density at radius 3 is 2.56 bits per heavy atom. The van der Waals surface area contributed by atoms with Gasteiger partial charge in [-0.25, -0.2) is 9.59 Å². The van der Waals surface area contributed by atoms with Gasteiger partial charge in [-0.2, -0.15) is 5.10 Å². The normalized spacial score (nSPS) is 14.2. The van der Waals surface area contributed by atoms with E-state index in [4.69, 9.17) is 9.47 Å². The van der Waals surface area contributed by atoms with Gasteiger partial charge in [0.2, 0.25) is 0 Å². The minimum Gasteiger partial charge on any atom is -0.447 e. The summed E-state index contributed by atoms with van der Waals surface area (Å²) in [6.45, 7) is 4.73. The molecule has 0 saturated carbocycles. The predicted molar refractivity (Wildman–Crippen MR) is 92.5 cm³/mol. The van der Waals surface area contributed by atoms with Gasteiger partial charge in [0, 0.05) is 30.1 Å². The van der Waals surface area contributed by atoms with Crippen molar-refractivity contribution in [1.29, 1.82) is 0 Å². The second-order valence-corrected chi connectivity index (χ2v) is 5.72. The smallest absolute Gasteiger partial charge is 0.414 e. The molecule has 3 rings (SSSR count). The van der Waals surface area contributed by atoms with Gasteiger partial charge < -0.3 is 9.47 Å². The first-order chi connectivity index (χ1) is 12.0. The highest BCUT2D eigenvalue weighted by Gasteiger charge is 2.23. The largest absolute Gasteiger partial charge is 0.447 e. The van der Waals surface area contributed by atoms with E-state index in [1.807, 2.05) is 20.9 Å². The summed E-state index contributed by atoms with van der Waals surface area (Å²) in [6, 6.07) is 6.73. The average molecular weight is 341 g/mol. The molecule has 1 aliphatic heterocycles. The predicted octanol–water partition coefficient (Wildman–Crippen LogP) is 2.61. The van der Waals surface area contributed by atoms with Crippen LogP contribution in [0.15, 0.2) is 30.3 Å². The molecule has 0 N–H and O–H groups in total. The zero-order chi connectivity index (χ0) is 18.0. The maximum atomic E-state index is 12.0. The molecule has 1 aliphatic rings. The first-order valence-electron chi connectivity index (χ1n) is 7.90. The molecule has 7 nitrogen and oxygen atoms in total. The molecular weight excluding hydrogens is 322 g/mol. The zero-order valence-corrected chi connectivity index (χ0v) is 14.4. The van der Waals surface area contributed by atoms with Gasteiger partial charge in [-0.1, -0.05) is 0 Å². The second kappa shape index (κ2) is 6.80. The molecule has 7 heteroatoms. The van der Waals surface area contributed by atoms with E-state index in [2.05, 4.69) is 5.10 Å². The van der Waals surface area contributed by atoms with Crippen molar-refractivity contribution >= 4 is 23.8 Å². The van der Waals surface area contributed by atoms with Gasteiger partial charge in [0.15, 0.2) is 0 Å². The number of cyclic esters (lactones) is 1. The Morgan fingerprint density at radius 2 is 2.00 bits per heavy atom. The van der Waals surface area contributed by atoms with Crippen LogP contribution in [-0.2, 0) is 16.6 Å². The fourth-order valence-corrected chi connectivity index (χ4v) is 2.65. The molecule has 0 aliphatic carbocycles. The van der Waals surface area contributed by atoms with Gasteiger partial charge in [0.05, 0.1) is 12.2 Å². The number of aromatic nitrogens is 2. The van der Waals surface area contributed by atoms with Gasteiger partial charge in [-0.15, -0.1) is 0 Å². The third-order valence-electron chi connectivity index (χ3n) is 4.08. The van der Waals surface area contributed by atoms with Crippen LogP contribution < -0.4 is 9.64 Å². The third-order valence-corrected chi connectivity index (χ3v) is 4.08. The summed E-state index contributed by atoms with van der Waals surface area (Å²) in [5.74, 6) is -0.0680. The van der Waals surface area contributed by atoms with Crippen LogP contribution in [0.4, 0.5) is 10.5 Å². The van der Waals surface area contributed by atoms with Crippen LogP contribution in [-0.4, -0.2) is 35.0 Å². The Kier molecular flexibility index (Phi) is 4.56. The van der Waals surface area contributed by atoms with E-state index >= 15 is 0 Å². The van der Waals surface area contributed by atoms with Crippen LogP contribution >= 0.6 is 0 Å². The lowest BCUT2D eigenvalue weighted by atomic mass is 10.2. The fourth-order valence-electron chi connectivity index (χ4n) is 2.65. The third kappa shape index (κ3) is 3.55. The number of carbonyl (C=O) groups is 2. The molecule has 1 aromatic carbocycles. The van der Waals surface area contributed by atoms with Gasteiger partial charge in [-0.3, -0.25) is 9.58 Å². The van der Waals surface area contributed by atoms with Crippen molar-refractivity contribution in [2.45, 2.75) is 13.8 Å². The second-order valence-electron chi connectivity index (χ2n) is 5.72. The van der Waals surface area contributed by atoms with Crippen molar-refractivity contribution in [2.24, 2.45) is 7.05 Å². The topological polar surface area (TPSA) is 73.7 Å². The molecule has 25 heavy (non-hydrogen) atoms. The Bertz CT molecular complexity index is 837. The highest BCUT2D eigenvalue weighted by molar-refractivity contribution is 5.90. The maximum absolute atomic E-state index is 12.0. The van der Waals surface area contributed by atoms with Crippen molar-refractivity contribution in [2.75, 3.05) is 18.1 Å². The minimum atomic E-state index is -0.476. The monoisotopic (exact) mass is 341 g/mol. The van der Waals surface area contributed by atoms with E-state index in [9.17, 15) is 9.59 Å². The maximum Gasteiger partial charge on any atom is 0.414 e. The number of carbonyl (C=O) groups excluding carboxylic acids is 2. The van der Waals surface area contributed by atoms with E-state index in [1.165, 1.54) is 11.0 Å². The molecule has 2 aromatic rings. The number of benzene rings is 1. The quantitative estimate of drug-likeness (QED) is 0.485. The summed E-state index contributed by atoms with van der Waals surface area (Å²) >= 11 is 0.